The van der Waals surface area contributed by atoms with Gasteiger partial charge in [0.2, 0.25) is 11.8 Å². The monoisotopic (exact) mass is 825 g/mol. The molecule has 3 aromatic heterocycles. The van der Waals surface area contributed by atoms with E-state index in [0.717, 1.165) is 88.3 Å². The lowest BCUT2D eigenvalue weighted by Gasteiger charge is -2.37. The molecule has 316 valence electrons. The third-order valence-electron chi connectivity index (χ3n) is 12.2. The number of aromatic nitrogens is 4. The van der Waals surface area contributed by atoms with Gasteiger partial charge in [-0.2, -0.15) is 5.10 Å². The molecule has 0 saturated carbocycles. The molecule has 0 spiro atoms. The van der Waals surface area contributed by atoms with E-state index >= 15 is 0 Å². The molecule has 2 fully saturated rings. The minimum atomic E-state index is -0.994. The highest BCUT2D eigenvalue weighted by molar-refractivity contribution is 6.23. The van der Waals surface area contributed by atoms with Gasteiger partial charge in [0.05, 0.1) is 28.4 Å². The Morgan fingerprint density at radius 3 is 2.41 bits per heavy atom. The first-order valence-electron chi connectivity index (χ1n) is 21.1. The second-order valence-electron chi connectivity index (χ2n) is 16.7. The van der Waals surface area contributed by atoms with Crippen LogP contribution in [0.2, 0.25) is 0 Å². The first-order chi connectivity index (χ1) is 29.3. The number of carbonyl (C=O) groups excluding carboxylic acids is 5. The second-order valence-corrected chi connectivity index (χ2v) is 16.7. The molecule has 61 heavy (non-hydrogen) atoms. The number of fused-ring (bicyclic) bond motifs is 2. The van der Waals surface area contributed by atoms with Crippen LogP contribution in [0, 0.1) is 6.92 Å². The summed E-state index contributed by atoms with van der Waals surface area (Å²) in [6, 6.07) is 14.6. The van der Waals surface area contributed by atoms with Gasteiger partial charge in [-0.3, -0.25) is 48.6 Å². The maximum absolute atomic E-state index is 13.9. The molecule has 15 nitrogen and oxygen atoms in total. The fraction of sp³-hybridized carbons (Fsp3) is 0.391. The van der Waals surface area contributed by atoms with E-state index in [1.807, 2.05) is 68.0 Å². The van der Waals surface area contributed by atoms with Gasteiger partial charge >= 0.3 is 0 Å². The van der Waals surface area contributed by atoms with Crippen LogP contribution in [0.15, 0.2) is 65.7 Å². The molecule has 1 unspecified atom stereocenters. The number of nitrogens with one attached hydrogen (secondary N) is 3. The number of hydrogen-bond acceptors (Lipinski definition) is 10. The van der Waals surface area contributed by atoms with Crippen LogP contribution in [0.1, 0.15) is 112 Å². The number of amides is 5. The summed E-state index contributed by atoms with van der Waals surface area (Å²) in [5.74, 6) is -1.46. The maximum Gasteiger partial charge on any atom is 0.262 e. The molecule has 2 aromatic carbocycles. The number of H-pyrrole nitrogens is 1. The number of aryl methyl sites for hydroxylation is 2. The van der Waals surface area contributed by atoms with Crippen LogP contribution in [0.25, 0.3) is 22.0 Å². The van der Waals surface area contributed by atoms with Crippen LogP contribution in [0.3, 0.4) is 0 Å². The highest BCUT2D eigenvalue weighted by atomic mass is 16.2. The van der Waals surface area contributed by atoms with Crippen LogP contribution in [0.4, 0.5) is 5.82 Å². The van der Waals surface area contributed by atoms with Crippen molar-refractivity contribution in [2.75, 3.05) is 25.0 Å². The van der Waals surface area contributed by atoms with Gasteiger partial charge in [0.1, 0.15) is 11.9 Å². The Kier molecular flexibility index (Phi) is 11.4. The molecule has 6 heterocycles. The number of nitrogens with zero attached hydrogens (tertiary/aromatic N) is 6. The molecule has 0 bridgehead atoms. The average molecular weight is 826 g/mol. The largest absolute Gasteiger partial charge is 0.357 e. The fourth-order valence-corrected chi connectivity index (χ4v) is 8.96. The predicted octanol–water partition coefficient (Wildman–Crippen LogP) is 5.06. The molecular weight excluding hydrogens is 775 g/mol. The number of piperidine rings is 2. The number of hydrogen-bond donors (Lipinski definition) is 3. The Bertz CT molecular complexity index is 2620. The van der Waals surface area contributed by atoms with Gasteiger partial charge in [-0.25, -0.2) is 4.98 Å². The van der Waals surface area contributed by atoms with Crippen molar-refractivity contribution in [1.82, 2.24) is 40.2 Å². The number of imide groups is 2. The molecule has 0 aliphatic carbocycles. The van der Waals surface area contributed by atoms with Gasteiger partial charge in [0.15, 0.2) is 0 Å². The highest BCUT2D eigenvalue weighted by Crippen LogP contribution is 2.32. The van der Waals surface area contributed by atoms with Crippen molar-refractivity contribution in [2.24, 2.45) is 0 Å². The van der Waals surface area contributed by atoms with Crippen molar-refractivity contribution in [3.05, 3.63) is 110 Å². The Hall–Kier alpha value is -6.48. The summed E-state index contributed by atoms with van der Waals surface area (Å²) in [6.07, 6.45) is 7.19. The highest BCUT2D eigenvalue weighted by Gasteiger charge is 2.44. The van der Waals surface area contributed by atoms with E-state index in [1.54, 1.807) is 18.3 Å². The Morgan fingerprint density at radius 2 is 1.70 bits per heavy atom. The lowest BCUT2D eigenvalue weighted by atomic mass is 9.99. The van der Waals surface area contributed by atoms with Crippen LogP contribution in [-0.2, 0) is 29.1 Å². The Labute approximate surface area is 353 Å². The molecule has 3 N–H and O–H groups in total. The van der Waals surface area contributed by atoms with E-state index in [4.69, 9.17) is 4.98 Å². The Morgan fingerprint density at radius 1 is 0.934 bits per heavy atom. The molecule has 3 aliphatic heterocycles. The van der Waals surface area contributed by atoms with Crippen molar-refractivity contribution in [3.63, 3.8) is 0 Å². The number of benzene rings is 2. The molecule has 2 saturated heterocycles. The minimum Gasteiger partial charge on any atom is -0.357 e. The van der Waals surface area contributed by atoms with E-state index in [0.29, 0.717) is 17.7 Å². The number of anilines is 1. The normalized spacial score (nSPS) is 17.2. The topological polar surface area (TPSA) is 183 Å². The standard InChI is InChI=1S/C46H51N9O6/c1-6-7-29-18-27(4)50-43(58)36(29)23-48-42(57)34-20-31(21-39-37(34)24-49-55(39)26(2)3)30-9-12-40(47-22-30)53-16-14-32(15-17-53)52(5)25-28-8-10-33-35(19-28)46(61)54(45(33)60)38-11-13-41(56)51-44(38)59/h8-10,12,18-22,24,26,32,38H,6-7,11,13-17,23,25H2,1-5H3,(H,48,57)(H,50,58)(H,51,56,59). The zero-order chi connectivity index (χ0) is 43.1. The van der Waals surface area contributed by atoms with Crippen LogP contribution >= 0.6 is 0 Å². The molecule has 3 aliphatic rings. The third-order valence-corrected chi connectivity index (χ3v) is 12.2. The smallest absolute Gasteiger partial charge is 0.262 e. The van der Waals surface area contributed by atoms with Crippen molar-refractivity contribution in [3.8, 4) is 11.1 Å². The van der Waals surface area contributed by atoms with Crippen molar-refractivity contribution in [1.29, 1.82) is 0 Å². The molecular formula is C46H51N9O6. The molecule has 8 rings (SSSR count). The lowest BCUT2D eigenvalue weighted by molar-refractivity contribution is -0.136. The van der Waals surface area contributed by atoms with Gasteiger partial charge in [-0.15, -0.1) is 0 Å². The number of aromatic amines is 1. The van der Waals surface area contributed by atoms with Gasteiger partial charge < -0.3 is 15.2 Å². The third kappa shape index (κ3) is 8.09. The SMILES string of the molecule is CCCc1cc(C)[nH]c(=O)c1CNC(=O)c1cc(-c2ccc(N3CCC(N(C)Cc4ccc5c(c4)C(=O)N(C4CCC(=O)NC4=O)C5=O)CC3)nc2)cc2c1cnn2C(C)C. The van der Waals surface area contributed by atoms with Crippen LogP contribution < -0.4 is 21.1 Å². The summed E-state index contributed by atoms with van der Waals surface area (Å²) in [4.78, 5) is 90.7. The van der Waals surface area contributed by atoms with Gasteiger partial charge in [-0.05, 0) is 113 Å². The zero-order valence-corrected chi connectivity index (χ0v) is 35.2. The summed E-state index contributed by atoms with van der Waals surface area (Å²) in [6.45, 7) is 10.3. The average Bonchev–Trinajstić information content (AvgIpc) is 3.78. The van der Waals surface area contributed by atoms with E-state index in [2.05, 4.69) is 44.5 Å². The van der Waals surface area contributed by atoms with Crippen molar-refractivity contribution < 1.29 is 24.0 Å². The summed E-state index contributed by atoms with van der Waals surface area (Å²) >= 11 is 0. The first kappa shape index (κ1) is 41.3. The summed E-state index contributed by atoms with van der Waals surface area (Å²) < 4.78 is 1.91. The Balaban J connectivity index is 0.926. The van der Waals surface area contributed by atoms with Gasteiger partial charge in [0, 0.05) is 73.1 Å². The molecule has 1 atom stereocenters. The van der Waals surface area contributed by atoms with E-state index < -0.39 is 29.7 Å². The summed E-state index contributed by atoms with van der Waals surface area (Å²) in [7, 11) is 2.06. The van der Waals surface area contributed by atoms with Crippen LogP contribution in [-0.4, -0.2) is 91.3 Å². The van der Waals surface area contributed by atoms with E-state index in [-0.39, 0.29) is 54.1 Å². The quantitative estimate of drug-likeness (QED) is 0.144. The van der Waals surface area contributed by atoms with Crippen molar-refractivity contribution >= 4 is 46.3 Å². The first-order valence-corrected chi connectivity index (χ1v) is 21.1. The van der Waals surface area contributed by atoms with Crippen molar-refractivity contribution in [2.45, 2.75) is 97.4 Å². The lowest BCUT2D eigenvalue weighted by Crippen LogP contribution is -2.54. The summed E-state index contributed by atoms with van der Waals surface area (Å²) in [5, 5.41) is 10.6. The number of carbonyl (C=O) groups is 5. The minimum absolute atomic E-state index is 0.0648. The molecule has 5 aromatic rings. The van der Waals surface area contributed by atoms with Gasteiger partial charge in [-0.1, -0.05) is 19.4 Å². The molecule has 5 amide bonds. The van der Waals surface area contributed by atoms with E-state index in [9.17, 15) is 28.8 Å². The second kappa shape index (κ2) is 16.9. The maximum atomic E-state index is 13.9. The fourth-order valence-electron chi connectivity index (χ4n) is 8.96. The number of pyridine rings is 2. The zero-order valence-electron chi connectivity index (χ0n) is 35.2. The molecule has 0 radical (unpaired) electrons. The van der Waals surface area contributed by atoms with E-state index in [1.165, 1.54) is 0 Å². The van der Waals surface area contributed by atoms with Gasteiger partial charge in [0.25, 0.3) is 23.3 Å². The number of rotatable bonds is 12. The summed E-state index contributed by atoms with van der Waals surface area (Å²) in [5.41, 5.74) is 6.57. The molecule has 15 heteroatoms. The van der Waals surface area contributed by atoms with Crippen LogP contribution in [0.5, 0.6) is 0 Å². The predicted molar refractivity (Wildman–Crippen MR) is 230 cm³/mol.